The zero-order valence-corrected chi connectivity index (χ0v) is 22.9. The fraction of sp³-hybridized carbons (Fsp3) is 0.379. The fourth-order valence-corrected chi connectivity index (χ4v) is 5.16. The Morgan fingerprint density at radius 1 is 0.743 bits per heavy atom. The Kier molecular flexibility index (Phi) is 6.79. The highest BCUT2D eigenvalue weighted by atomic mass is 28.2. The van der Waals surface area contributed by atoms with Gasteiger partial charge in [0.25, 0.3) is 0 Å². The second-order valence-electron chi connectivity index (χ2n) is 11.3. The number of benzene rings is 3. The molecule has 0 saturated carbocycles. The summed E-state index contributed by atoms with van der Waals surface area (Å²) in [4.78, 5) is 0. The standard InChI is InChI=1S/C29H36BNO3Si/c1-26(2,3)35-34-29(21-15-10-8-11-16-21,22-17-12-9-13-18-22)25-23(19-14-20-24(25)31)30-32-27(4,5)28(6,7)33-30/h8-20H,31H2,1-7H3. The average molecular weight is 486 g/mol. The molecule has 4 rings (SSSR count). The lowest BCUT2D eigenvalue weighted by Crippen LogP contribution is -2.46. The molecule has 3 aromatic rings. The first-order valence-corrected chi connectivity index (χ1v) is 13.1. The van der Waals surface area contributed by atoms with E-state index < -0.39 is 23.9 Å². The van der Waals surface area contributed by atoms with Gasteiger partial charge in [0.05, 0.1) is 11.2 Å². The fourth-order valence-electron chi connectivity index (χ4n) is 4.36. The molecule has 1 saturated heterocycles. The maximum absolute atomic E-state index is 7.07. The Labute approximate surface area is 213 Å². The Bertz CT molecular complexity index is 1100. The molecule has 2 N–H and O–H groups in total. The zero-order chi connectivity index (χ0) is 25.5. The van der Waals surface area contributed by atoms with Crippen molar-refractivity contribution in [3.8, 4) is 0 Å². The van der Waals surface area contributed by atoms with Crippen molar-refractivity contribution in [3.05, 3.63) is 95.6 Å². The van der Waals surface area contributed by atoms with Gasteiger partial charge in [0.1, 0.15) is 5.60 Å². The summed E-state index contributed by atoms with van der Waals surface area (Å²) < 4.78 is 20.1. The van der Waals surface area contributed by atoms with E-state index in [0.717, 1.165) is 22.2 Å². The normalized spacial score (nSPS) is 17.5. The second-order valence-corrected chi connectivity index (χ2v) is 13.2. The first-order chi connectivity index (χ1) is 16.4. The van der Waals surface area contributed by atoms with Crippen molar-refractivity contribution in [2.75, 3.05) is 5.73 Å². The minimum atomic E-state index is -0.946. The molecule has 0 atom stereocenters. The van der Waals surface area contributed by atoms with E-state index in [9.17, 15) is 0 Å². The molecular formula is C29H36BNO3Si. The van der Waals surface area contributed by atoms with Crippen LogP contribution in [0.3, 0.4) is 0 Å². The third kappa shape index (κ3) is 4.85. The molecule has 0 bridgehead atoms. The molecule has 0 unspecified atom stereocenters. The van der Waals surface area contributed by atoms with Crippen molar-refractivity contribution in [1.82, 2.24) is 0 Å². The summed E-state index contributed by atoms with van der Waals surface area (Å²) >= 11 is 0. The predicted octanol–water partition coefficient (Wildman–Crippen LogP) is 5.71. The van der Waals surface area contributed by atoms with Crippen molar-refractivity contribution in [3.63, 3.8) is 0 Å². The molecule has 182 valence electrons. The quantitative estimate of drug-likeness (QED) is 0.276. The predicted molar refractivity (Wildman–Crippen MR) is 146 cm³/mol. The van der Waals surface area contributed by atoms with Crippen LogP contribution in [0.15, 0.2) is 78.9 Å². The van der Waals surface area contributed by atoms with Gasteiger partial charge in [0.15, 0.2) is 0 Å². The Morgan fingerprint density at radius 2 is 1.23 bits per heavy atom. The van der Waals surface area contributed by atoms with Crippen LogP contribution in [0.5, 0.6) is 0 Å². The van der Waals surface area contributed by atoms with E-state index in [-0.39, 0.29) is 14.8 Å². The van der Waals surface area contributed by atoms with Crippen LogP contribution in [0.4, 0.5) is 5.69 Å². The van der Waals surface area contributed by atoms with Gasteiger partial charge in [0, 0.05) is 11.3 Å². The van der Waals surface area contributed by atoms with Gasteiger partial charge in [-0.15, -0.1) is 0 Å². The van der Waals surface area contributed by atoms with Gasteiger partial charge < -0.3 is 19.5 Å². The number of nitrogens with two attached hydrogens (primary N) is 1. The first kappa shape index (κ1) is 25.7. The molecule has 6 heteroatoms. The van der Waals surface area contributed by atoms with Crippen LogP contribution in [-0.4, -0.2) is 28.1 Å². The van der Waals surface area contributed by atoms with Gasteiger partial charge in [-0.2, -0.15) is 0 Å². The van der Waals surface area contributed by atoms with Gasteiger partial charge in [0.2, 0.25) is 9.76 Å². The number of nitrogen functional groups attached to an aromatic ring is 1. The van der Waals surface area contributed by atoms with Gasteiger partial charge >= 0.3 is 7.12 Å². The minimum Gasteiger partial charge on any atom is -0.400 e. The molecule has 1 fully saturated rings. The van der Waals surface area contributed by atoms with E-state index in [0.29, 0.717) is 5.69 Å². The van der Waals surface area contributed by atoms with Gasteiger partial charge in [-0.05, 0) is 55.4 Å². The summed E-state index contributed by atoms with van der Waals surface area (Å²) in [5.41, 5.74) is 9.36. The smallest absolute Gasteiger partial charge is 0.400 e. The summed E-state index contributed by atoms with van der Waals surface area (Å²) in [6.07, 6.45) is 0. The number of hydrogen-bond acceptors (Lipinski definition) is 4. The van der Waals surface area contributed by atoms with Crippen LogP contribution in [0.1, 0.15) is 65.2 Å². The molecule has 2 radical (unpaired) electrons. The SMILES string of the molecule is CC(C)(C)[Si]OC(c1ccccc1)(c1ccccc1)c1c(N)cccc1B1OC(C)(C)C(C)(C)O1. The molecule has 0 aliphatic carbocycles. The van der Waals surface area contributed by atoms with E-state index >= 15 is 0 Å². The average Bonchev–Trinajstić information content (AvgIpc) is 3.02. The van der Waals surface area contributed by atoms with Crippen molar-refractivity contribution in [2.24, 2.45) is 0 Å². The summed E-state index contributed by atoms with van der Waals surface area (Å²) in [6, 6.07) is 26.6. The summed E-state index contributed by atoms with van der Waals surface area (Å²) in [6.45, 7) is 14.8. The summed E-state index contributed by atoms with van der Waals surface area (Å²) in [5, 5.41) is -0.0388. The first-order valence-electron chi connectivity index (χ1n) is 12.2. The van der Waals surface area contributed by atoms with E-state index in [2.05, 4.69) is 78.8 Å². The van der Waals surface area contributed by atoms with Crippen molar-refractivity contribution < 1.29 is 13.7 Å². The molecule has 1 aliphatic rings. The molecule has 0 amide bonds. The number of rotatable bonds is 6. The summed E-state index contributed by atoms with van der Waals surface area (Å²) in [7, 11) is -0.364. The maximum Gasteiger partial charge on any atom is 0.495 e. The number of hydrogen-bond donors (Lipinski definition) is 1. The van der Waals surface area contributed by atoms with E-state index in [1.165, 1.54) is 0 Å². The van der Waals surface area contributed by atoms with Crippen molar-refractivity contribution in [1.29, 1.82) is 0 Å². The Balaban J connectivity index is 2.03. The lowest BCUT2D eigenvalue weighted by molar-refractivity contribution is 0.00578. The van der Waals surface area contributed by atoms with E-state index in [1.54, 1.807) is 0 Å². The van der Waals surface area contributed by atoms with Gasteiger partial charge in [-0.1, -0.05) is 93.6 Å². The topological polar surface area (TPSA) is 53.7 Å². The largest absolute Gasteiger partial charge is 0.495 e. The molecule has 1 heterocycles. The monoisotopic (exact) mass is 485 g/mol. The third-order valence-corrected chi connectivity index (χ3v) is 7.88. The highest BCUT2D eigenvalue weighted by Crippen LogP contribution is 2.45. The van der Waals surface area contributed by atoms with Gasteiger partial charge in [-0.3, -0.25) is 0 Å². The molecule has 3 aromatic carbocycles. The lowest BCUT2D eigenvalue weighted by Gasteiger charge is -2.40. The van der Waals surface area contributed by atoms with Crippen LogP contribution in [0.2, 0.25) is 5.04 Å². The molecule has 0 aromatic heterocycles. The second kappa shape index (κ2) is 9.25. The molecular weight excluding hydrogens is 449 g/mol. The van der Waals surface area contributed by atoms with Crippen LogP contribution in [0.25, 0.3) is 0 Å². The van der Waals surface area contributed by atoms with Crippen molar-refractivity contribution in [2.45, 2.75) is 70.3 Å². The highest BCUT2D eigenvalue weighted by Gasteiger charge is 2.54. The van der Waals surface area contributed by atoms with Crippen LogP contribution in [0, 0.1) is 0 Å². The Hall–Kier alpha value is -2.38. The minimum absolute atomic E-state index is 0.0388. The summed E-state index contributed by atoms with van der Waals surface area (Å²) in [5.74, 6) is 0. The van der Waals surface area contributed by atoms with Crippen LogP contribution in [-0.2, 0) is 19.3 Å². The third-order valence-electron chi connectivity index (χ3n) is 6.86. The molecule has 1 aliphatic heterocycles. The number of anilines is 1. The van der Waals surface area contributed by atoms with E-state index in [4.69, 9.17) is 19.5 Å². The molecule has 0 spiro atoms. The van der Waals surface area contributed by atoms with Crippen LogP contribution < -0.4 is 11.2 Å². The van der Waals surface area contributed by atoms with Gasteiger partial charge in [-0.25, -0.2) is 0 Å². The van der Waals surface area contributed by atoms with Crippen LogP contribution >= 0.6 is 0 Å². The molecule has 35 heavy (non-hydrogen) atoms. The lowest BCUT2D eigenvalue weighted by atomic mass is 9.68. The van der Waals surface area contributed by atoms with Crippen molar-refractivity contribution >= 4 is 28.0 Å². The van der Waals surface area contributed by atoms with E-state index in [1.807, 2.05) is 48.5 Å². The molecule has 4 nitrogen and oxygen atoms in total. The Morgan fingerprint density at radius 3 is 1.69 bits per heavy atom. The highest BCUT2D eigenvalue weighted by molar-refractivity contribution is 6.63. The maximum atomic E-state index is 7.07. The zero-order valence-electron chi connectivity index (χ0n) is 21.9.